The van der Waals surface area contributed by atoms with Crippen LogP contribution in [-0.2, 0) is 4.79 Å². The fourth-order valence-electron chi connectivity index (χ4n) is 2.66. The molecule has 7 heteroatoms. The second-order valence-electron chi connectivity index (χ2n) is 6.13. The summed E-state index contributed by atoms with van der Waals surface area (Å²) in [7, 11) is 0. The molecule has 0 spiro atoms. The van der Waals surface area contributed by atoms with E-state index in [2.05, 4.69) is 15.5 Å². The van der Waals surface area contributed by atoms with Crippen LogP contribution >= 0.6 is 0 Å². The third kappa shape index (κ3) is 4.47. The molecule has 0 radical (unpaired) electrons. The smallest absolute Gasteiger partial charge is 0.262 e. The van der Waals surface area contributed by atoms with Crippen molar-refractivity contribution >= 4 is 11.6 Å². The number of amides is 1. The summed E-state index contributed by atoms with van der Waals surface area (Å²) in [4.78, 5) is 16.4. The van der Waals surface area contributed by atoms with Gasteiger partial charge in [0.2, 0.25) is 5.82 Å². The molecule has 3 aromatic carbocycles. The minimum Gasteiger partial charge on any atom is -0.484 e. The van der Waals surface area contributed by atoms with Crippen molar-refractivity contribution in [2.24, 2.45) is 0 Å². The molecular weight excluding hydrogens is 373 g/mol. The van der Waals surface area contributed by atoms with Gasteiger partial charge in [0.15, 0.2) is 6.61 Å². The Morgan fingerprint density at radius 3 is 2.55 bits per heavy atom. The lowest BCUT2D eigenvalue weighted by molar-refractivity contribution is -0.118. The van der Waals surface area contributed by atoms with Crippen molar-refractivity contribution in [1.29, 1.82) is 0 Å². The third-order valence-electron chi connectivity index (χ3n) is 4.06. The quantitative estimate of drug-likeness (QED) is 0.523. The van der Waals surface area contributed by atoms with Crippen LogP contribution in [0, 0.1) is 5.82 Å². The average molecular weight is 389 g/mol. The number of para-hydroxylation sites is 1. The predicted molar refractivity (Wildman–Crippen MR) is 106 cm³/mol. The van der Waals surface area contributed by atoms with Gasteiger partial charge in [-0.3, -0.25) is 4.79 Å². The van der Waals surface area contributed by atoms with Crippen molar-refractivity contribution in [3.63, 3.8) is 0 Å². The van der Waals surface area contributed by atoms with Gasteiger partial charge in [-0.1, -0.05) is 53.7 Å². The van der Waals surface area contributed by atoms with E-state index in [1.165, 1.54) is 12.1 Å². The molecule has 0 saturated carbocycles. The highest BCUT2D eigenvalue weighted by Crippen LogP contribution is 2.25. The largest absolute Gasteiger partial charge is 0.484 e. The van der Waals surface area contributed by atoms with Gasteiger partial charge in [-0.05, 0) is 30.3 Å². The molecule has 0 bridgehead atoms. The fraction of sp³-hybridized carbons (Fsp3) is 0.0455. The summed E-state index contributed by atoms with van der Waals surface area (Å²) in [6.45, 7) is -0.267. The van der Waals surface area contributed by atoms with E-state index in [4.69, 9.17) is 9.26 Å². The maximum atomic E-state index is 13.6. The molecule has 4 rings (SSSR count). The number of anilines is 1. The Hall–Kier alpha value is -4.00. The van der Waals surface area contributed by atoms with Crippen LogP contribution in [0.15, 0.2) is 83.4 Å². The lowest BCUT2D eigenvalue weighted by atomic mass is 10.2. The Bertz CT molecular complexity index is 1130. The lowest BCUT2D eigenvalue weighted by Gasteiger charge is -2.08. The zero-order chi connectivity index (χ0) is 20.1. The molecule has 0 aliphatic carbocycles. The van der Waals surface area contributed by atoms with Gasteiger partial charge in [0.05, 0.1) is 5.69 Å². The standard InChI is InChI=1S/C22H16FN3O3/c23-18-11-4-5-12-19(18)24-20(27)14-28-17-10-6-9-16(13-17)22-25-21(26-29-22)15-7-2-1-3-8-15/h1-13H,14H2,(H,24,27). The van der Waals surface area contributed by atoms with Crippen LogP contribution in [-0.4, -0.2) is 22.7 Å². The van der Waals surface area contributed by atoms with E-state index in [1.807, 2.05) is 30.3 Å². The van der Waals surface area contributed by atoms with Crippen LogP contribution in [0.25, 0.3) is 22.8 Å². The molecule has 1 amide bonds. The number of aromatic nitrogens is 2. The number of carbonyl (C=O) groups excluding carboxylic acids is 1. The van der Waals surface area contributed by atoms with Crippen molar-refractivity contribution < 1.29 is 18.4 Å². The Morgan fingerprint density at radius 2 is 1.72 bits per heavy atom. The van der Waals surface area contributed by atoms with Crippen LogP contribution in [0.4, 0.5) is 10.1 Å². The van der Waals surface area contributed by atoms with Crippen molar-refractivity contribution in [1.82, 2.24) is 10.1 Å². The van der Waals surface area contributed by atoms with Crippen LogP contribution in [0.1, 0.15) is 0 Å². The first-order valence-corrected chi connectivity index (χ1v) is 8.86. The van der Waals surface area contributed by atoms with Gasteiger partial charge >= 0.3 is 0 Å². The van der Waals surface area contributed by atoms with Crippen molar-refractivity contribution in [2.45, 2.75) is 0 Å². The number of rotatable bonds is 6. The minimum absolute atomic E-state index is 0.106. The summed E-state index contributed by atoms with van der Waals surface area (Å²) < 4.78 is 24.4. The number of hydrogen-bond acceptors (Lipinski definition) is 5. The molecule has 0 fully saturated rings. The third-order valence-corrected chi connectivity index (χ3v) is 4.06. The van der Waals surface area contributed by atoms with Crippen molar-refractivity contribution in [3.8, 4) is 28.6 Å². The fourth-order valence-corrected chi connectivity index (χ4v) is 2.66. The monoisotopic (exact) mass is 389 g/mol. The van der Waals surface area contributed by atoms with Gasteiger partial charge in [0.1, 0.15) is 11.6 Å². The molecule has 0 saturated heterocycles. The highest BCUT2D eigenvalue weighted by molar-refractivity contribution is 5.92. The molecule has 1 aromatic heterocycles. The molecule has 0 aliphatic rings. The summed E-state index contributed by atoms with van der Waals surface area (Å²) in [5.41, 5.74) is 1.61. The number of nitrogens with one attached hydrogen (secondary N) is 1. The van der Waals surface area contributed by atoms with Crippen molar-refractivity contribution in [2.75, 3.05) is 11.9 Å². The molecule has 0 aliphatic heterocycles. The van der Waals surface area contributed by atoms with Crippen LogP contribution < -0.4 is 10.1 Å². The maximum absolute atomic E-state index is 13.6. The van der Waals surface area contributed by atoms with Gasteiger partial charge in [0, 0.05) is 11.1 Å². The Balaban J connectivity index is 1.42. The van der Waals surface area contributed by atoms with Gasteiger partial charge in [0.25, 0.3) is 11.8 Å². The second-order valence-corrected chi connectivity index (χ2v) is 6.13. The van der Waals surface area contributed by atoms with E-state index in [9.17, 15) is 9.18 Å². The molecule has 6 nitrogen and oxygen atoms in total. The van der Waals surface area contributed by atoms with Crippen LogP contribution in [0.3, 0.4) is 0 Å². The van der Waals surface area contributed by atoms with E-state index < -0.39 is 11.7 Å². The summed E-state index contributed by atoms with van der Waals surface area (Å²) in [6, 6.07) is 22.4. The number of ether oxygens (including phenoxy) is 1. The maximum Gasteiger partial charge on any atom is 0.262 e. The molecule has 0 atom stereocenters. The first-order valence-electron chi connectivity index (χ1n) is 8.86. The molecular formula is C22H16FN3O3. The van der Waals surface area contributed by atoms with Crippen LogP contribution in [0.5, 0.6) is 5.75 Å². The van der Waals surface area contributed by atoms with E-state index in [0.29, 0.717) is 23.0 Å². The SMILES string of the molecule is O=C(COc1cccc(-c2nc(-c3ccccc3)no2)c1)Nc1ccccc1F. The van der Waals surface area contributed by atoms with Gasteiger partial charge < -0.3 is 14.6 Å². The summed E-state index contributed by atoms with van der Waals surface area (Å²) in [5, 5.41) is 6.46. The van der Waals surface area contributed by atoms with Gasteiger partial charge in [-0.2, -0.15) is 4.98 Å². The highest BCUT2D eigenvalue weighted by atomic mass is 19.1. The number of hydrogen-bond donors (Lipinski definition) is 1. The zero-order valence-corrected chi connectivity index (χ0v) is 15.2. The average Bonchev–Trinajstić information content (AvgIpc) is 3.25. The van der Waals surface area contributed by atoms with E-state index in [1.54, 1.807) is 36.4 Å². The van der Waals surface area contributed by atoms with Gasteiger partial charge in [-0.15, -0.1) is 0 Å². The first-order chi connectivity index (χ1) is 14.2. The molecule has 1 heterocycles. The predicted octanol–water partition coefficient (Wildman–Crippen LogP) is 4.56. The first kappa shape index (κ1) is 18.4. The summed E-state index contributed by atoms with van der Waals surface area (Å²) >= 11 is 0. The summed E-state index contributed by atoms with van der Waals surface area (Å²) in [6.07, 6.45) is 0. The van der Waals surface area contributed by atoms with E-state index in [-0.39, 0.29) is 12.3 Å². The molecule has 29 heavy (non-hydrogen) atoms. The Labute approximate surface area is 166 Å². The number of nitrogens with zero attached hydrogens (tertiary/aromatic N) is 2. The molecule has 4 aromatic rings. The lowest BCUT2D eigenvalue weighted by Crippen LogP contribution is -2.20. The molecule has 1 N–H and O–H groups in total. The highest BCUT2D eigenvalue weighted by Gasteiger charge is 2.12. The minimum atomic E-state index is -0.506. The molecule has 0 unspecified atom stereocenters. The Kier molecular flexibility index (Phi) is 5.29. The summed E-state index contributed by atoms with van der Waals surface area (Å²) in [5.74, 6) is 0.296. The second kappa shape index (κ2) is 8.35. The van der Waals surface area contributed by atoms with E-state index >= 15 is 0 Å². The number of halogens is 1. The molecule has 144 valence electrons. The number of carbonyl (C=O) groups is 1. The van der Waals surface area contributed by atoms with Crippen LogP contribution in [0.2, 0.25) is 0 Å². The normalized spacial score (nSPS) is 10.5. The topological polar surface area (TPSA) is 77.2 Å². The zero-order valence-electron chi connectivity index (χ0n) is 15.2. The Morgan fingerprint density at radius 1 is 0.966 bits per heavy atom. The van der Waals surface area contributed by atoms with Crippen molar-refractivity contribution in [3.05, 3.63) is 84.7 Å². The number of benzene rings is 3. The van der Waals surface area contributed by atoms with E-state index in [0.717, 1.165) is 5.56 Å². The van der Waals surface area contributed by atoms with Gasteiger partial charge in [-0.25, -0.2) is 4.39 Å².